The lowest BCUT2D eigenvalue weighted by atomic mass is 10.5. The van der Waals surface area contributed by atoms with Gasteiger partial charge < -0.3 is 10.6 Å². The highest BCUT2D eigenvalue weighted by Gasteiger charge is 2.11. The first-order valence-electron chi connectivity index (χ1n) is 5.06. The summed E-state index contributed by atoms with van der Waals surface area (Å²) in [5, 5.41) is 0. The average Bonchev–Trinajstić information content (AvgIpc) is 2.24. The number of halogens is 1. The van der Waals surface area contributed by atoms with E-state index in [1.54, 1.807) is 0 Å². The van der Waals surface area contributed by atoms with Crippen LogP contribution in [0.15, 0.2) is 4.99 Å². The molecule has 1 saturated heterocycles. The quantitative estimate of drug-likeness (QED) is 0.291. The van der Waals surface area contributed by atoms with Crippen molar-refractivity contribution in [1.29, 1.82) is 0 Å². The number of nitrogens with zero attached hydrogens (tertiary/aromatic N) is 2. The molecule has 9 heteroatoms. The molecular formula is C8H19IN4O2S2. The fourth-order valence-corrected chi connectivity index (χ4v) is 2.66. The summed E-state index contributed by atoms with van der Waals surface area (Å²) >= 11 is 1.90. The van der Waals surface area contributed by atoms with Crippen LogP contribution in [-0.4, -0.2) is 63.2 Å². The lowest BCUT2D eigenvalue weighted by Gasteiger charge is -2.27. The molecule has 102 valence electrons. The van der Waals surface area contributed by atoms with E-state index in [1.165, 1.54) is 0 Å². The second-order valence-electron chi connectivity index (χ2n) is 3.51. The van der Waals surface area contributed by atoms with Crippen LogP contribution in [0.25, 0.3) is 0 Å². The van der Waals surface area contributed by atoms with Crippen LogP contribution in [0.4, 0.5) is 0 Å². The molecule has 0 saturated carbocycles. The minimum atomic E-state index is -3.12. The van der Waals surface area contributed by atoms with Crippen LogP contribution in [-0.2, 0) is 10.0 Å². The Kier molecular flexibility index (Phi) is 8.51. The Bertz CT molecular complexity index is 341. The van der Waals surface area contributed by atoms with Crippen molar-refractivity contribution in [2.24, 2.45) is 10.7 Å². The summed E-state index contributed by atoms with van der Waals surface area (Å²) < 4.78 is 23.9. The van der Waals surface area contributed by atoms with Gasteiger partial charge in [0, 0.05) is 31.1 Å². The van der Waals surface area contributed by atoms with Crippen molar-refractivity contribution < 1.29 is 8.42 Å². The van der Waals surface area contributed by atoms with Crippen molar-refractivity contribution in [2.75, 3.05) is 43.9 Å². The van der Waals surface area contributed by atoms with E-state index in [2.05, 4.69) is 9.71 Å². The molecule has 1 heterocycles. The molecule has 0 spiro atoms. The zero-order valence-corrected chi connectivity index (χ0v) is 13.7. The zero-order chi connectivity index (χ0) is 12.0. The molecule has 17 heavy (non-hydrogen) atoms. The summed E-state index contributed by atoms with van der Waals surface area (Å²) in [7, 11) is -3.12. The minimum Gasteiger partial charge on any atom is -0.370 e. The van der Waals surface area contributed by atoms with Crippen LogP contribution >= 0.6 is 35.7 Å². The summed E-state index contributed by atoms with van der Waals surface area (Å²) in [5.74, 6) is 2.64. The summed E-state index contributed by atoms with van der Waals surface area (Å²) in [6.45, 7) is 2.50. The fraction of sp³-hybridized carbons (Fsp3) is 0.875. The highest BCUT2D eigenvalue weighted by Crippen LogP contribution is 2.08. The number of aliphatic imine (C=N–C) groups is 1. The lowest BCUT2D eigenvalue weighted by molar-refractivity contribution is 0.456. The van der Waals surface area contributed by atoms with Gasteiger partial charge in [0.15, 0.2) is 5.96 Å². The molecule has 0 bridgehead atoms. The van der Waals surface area contributed by atoms with E-state index in [-0.39, 0.29) is 24.0 Å². The molecule has 3 N–H and O–H groups in total. The first-order valence-corrected chi connectivity index (χ1v) is 8.11. The molecule has 1 rings (SSSR count). The van der Waals surface area contributed by atoms with Gasteiger partial charge in [-0.2, -0.15) is 11.8 Å². The minimum absolute atomic E-state index is 0. The molecule has 0 aromatic heterocycles. The number of guanidine groups is 1. The maximum atomic E-state index is 10.8. The third-order valence-corrected chi connectivity index (χ3v) is 3.76. The highest BCUT2D eigenvalue weighted by molar-refractivity contribution is 14.0. The van der Waals surface area contributed by atoms with Crippen LogP contribution < -0.4 is 10.5 Å². The topological polar surface area (TPSA) is 87.8 Å². The highest BCUT2D eigenvalue weighted by atomic mass is 127. The summed E-state index contributed by atoms with van der Waals surface area (Å²) in [6, 6.07) is 0. The molecule has 0 atom stereocenters. The Labute approximate surface area is 124 Å². The van der Waals surface area contributed by atoms with E-state index < -0.39 is 10.0 Å². The SMILES string of the molecule is CS(=O)(=O)NCCN=C(N)N1CCSCC1.I. The van der Waals surface area contributed by atoms with Crippen molar-refractivity contribution in [2.45, 2.75) is 0 Å². The van der Waals surface area contributed by atoms with Crippen LogP contribution in [0.3, 0.4) is 0 Å². The third-order valence-electron chi connectivity index (χ3n) is 2.08. The second kappa shape index (κ2) is 8.38. The number of thioether (sulfide) groups is 1. The van der Waals surface area contributed by atoms with Gasteiger partial charge in [0.05, 0.1) is 12.8 Å². The third kappa shape index (κ3) is 8.06. The maximum absolute atomic E-state index is 10.8. The zero-order valence-electron chi connectivity index (χ0n) is 9.76. The number of nitrogens with one attached hydrogen (secondary N) is 1. The predicted molar refractivity (Wildman–Crippen MR) is 83.6 cm³/mol. The molecular weight excluding hydrogens is 375 g/mol. The van der Waals surface area contributed by atoms with Gasteiger partial charge >= 0.3 is 0 Å². The Morgan fingerprint density at radius 1 is 1.47 bits per heavy atom. The van der Waals surface area contributed by atoms with Crippen LogP contribution in [0.1, 0.15) is 0 Å². The monoisotopic (exact) mass is 394 g/mol. The lowest BCUT2D eigenvalue weighted by Crippen LogP contribution is -2.43. The van der Waals surface area contributed by atoms with Gasteiger partial charge in [-0.25, -0.2) is 13.1 Å². The molecule has 1 aliphatic rings. The van der Waals surface area contributed by atoms with Gasteiger partial charge in [-0.3, -0.25) is 4.99 Å². The number of hydrogen-bond acceptors (Lipinski definition) is 4. The van der Waals surface area contributed by atoms with E-state index in [4.69, 9.17) is 5.73 Å². The molecule has 6 nitrogen and oxygen atoms in total. The van der Waals surface area contributed by atoms with Crippen molar-refractivity contribution in [3.63, 3.8) is 0 Å². The van der Waals surface area contributed by atoms with Crippen molar-refractivity contribution in [1.82, 2.24) is 9.62 Å². The molecule has 0 aromatic carbocycles. The molecule has 0 amide bonds. The first kappa shape index (κ1) is 17.3. The maximum Gasteiger partial charge on any atom is 0.208 e. The molecule has 1 aliphatic heterocycles. The number of nitrogens with two attached hydrogens (primary N) is 1. The van der Waals surface area contributed by atoms with Gasteiger partial charge in [0.25, 0.3) is 0 Å². The van der Waals surface area contributed by atoms with E-state index in [9.17, 15) is 8.42 Å². The van der Waals surface area contributed by atoms with Crippen molar-refractivity contribution in [3.05, 3.63) is 0 Å². The van der Waals surface area contributed by atoms with Crippen molar-refractivity contribution >= 4 is 51.7 Å². The van der Waals surface area contributed by atoms with Gasteiger partial charge in [0.1, 0.15) is 0 Å². The van der Waals surface area contributed by atoms with Crippen LogP contribution in [0.2, 0.25) is 0 Å². The van der Waals surface area contributed by atoms with Gasteiger partial charge in [-0.15, -0.1) is 24.0 Å². The van der Waals surface area contributed by atoms with E-state index in [1.807, 2.05) is 16.7 Å². The van der Waals surface area contributed by atoms with E-state index in [0.29, 0.717) is 19.0 Å². The van der Waals surface area contributed by atoms with Gasteiger partial charge in [-0.1, -0.05) is 0 Å². The summed E-state index contributed by atoms with van der Waals surface area (Å²) in [6.07, 6.45) is 1.13. The molecule has 0 unspecified atom stereocenters. The Morgan fingerprint density at radius 2 is 2.06 bits per heavy atom. The van der Waals surface area contributed by atoms with Crippen molar-refractivity contribution in [3.8, 4) is 0 Å². The van der Waals surface area contributed by atoms with E-state index in [0.717, 1.165) is 30.9 Å². The average molecular weight is 394 g/mol. The first-order chi connectivity index (χ1) is 7.49. The second-order valence-corrected chi connectivity index (χ2v) is 6.56. The standard InChI is InChI=1S/C8H18N4O2S2.HI/c1-16(13,14)11-3-2-10-8(9)12-4-6-15-7-5-12;/h11H,2-7H2,1H3,(H2,9,10);1H. The molecule has 1 fully saturated rings. The molecule has 0 aliphatic carbocycles. The molecule has 0 radical (unpaired) electrons. The number of rotatable bonds is 4. The molecule has 0 aromatic rings. The van der Waals surface area contributed by atoms with Crippen LogP contribution in [0, 0.1) is 0 Å². The Morgan fingerprint density at radius 3 is 2.59 bits per heavy atom. The van der Waals surface area contributed by atoms with Crippen LogP contribution in [0.5, 0.6) is 0 Å². The predicted octanol–water partition coefficient (Wildman–Crippen LogP) is -0.483. The normalized spacial score (nSPS) is 17.7. The van der Waals surface area contributed by atoms with Gasteiger partial charge in [-0.05, 0) is 0 Å². The number of sulfonamides is 1. The number of hydrogen-bond donors (Lipinski definition) is 2. The summed E-state index contributed by atoms with van der Waals surface area (Å²) in [4.78, 5) is 6.16. The smallest absolute Gasteiger partial charge is 0.208 e. The largest absolute Gasteiger partial charge is 0.370 e. The fourth-order valence-electron chi connectivity index (χ4n) is 1.29. The Hall–Kier alpha value is 0.260. The Balaban J connectivity index is 0.00000256. The summed E-state index contributed by atoms with van der Waals surface area (Å²) in [5.41, 5.74) is 5.79. The van der Waals surface area contributed by atoms with E-state index >= 15 is 0 Å². The van der Waals surface area contributed by atoms with Gasteiger partial charge in [0.2, 0.25) is 10.0 Å².